The molecule has 18 heavy (non-hydrogen) atoms. The highest BCUT2D eigenvalue weighted by atomic mass is 32.2. The summed E-state index contributed by atoms with van der Waals surface area (Å²) in [6, 6.07) is 3.43. The molecule has 0 radical (unpaired) electrons. The molecular weight excluding hydrogens is 250 g/mol. The third kappa shape index (κ3) is 2.75. The summed E-state index contributed by atoms with van der Waals surface area (Å²) in [6.45, 7) is 0.765. The molecule has 0 atom stereocenters. The lowest BCUT2D eigenvalue weighted by molar-refractivity contribution is -0.388. The zero-order valence-corrected chi connectivity index (χ0v) is 11.2. The molecule has 1 aromatic heterocycles. The summed E-state index contributed by atoms with van der Waals surface area (Å²) in [7, 11) is 0. The molecular formula is C12H17N3O2S. The van der Waals surface area contributed by atoms with Crippen LogP contribution in [0.5, 0.6) is 0 Å². The molecule has 98 valence electrons. The molecule has 0 unspecified atom stereocenters. The topological polar surface area (TPSA) is 68.1 Å². The van der Waals surface area contributed by atoms with Crippen LogP contribution in [0.3, 0.4) is 0 Å². The minimum atomic E-state index is -0.442. The molecule has 1 fully saturated rings. The van der Waals surface area contributed by atoms with Gasteiger partial charge in [0.2, 0.25) is 0 Å². The van der Waals surface area contributed by atoms with Gasteiger partial charge in [0.15, 0.2) is 0 Å². The predicted molar refractivity (Wildman–Crippen MR) is 74.1 cm³/mol. The van der Waals surface area contributed by atoms with E-state index in [2.05, 4.69) is 16.6 Å². The summed E-state index contributed by atoms with van der Waals surface area (Å²) in [5.41, 5.74) is 0.517. The Balaban J connectivity index is 2.08. The number of nitrogens with zero attached hydrogens (tertiary/aromatic N) is 2. The zero-order valence-electron chi connectivity index (χ0n) is 10.4. The van der Waals surface area contributed by atoms with Gasteiger partial charge in [0, 0.05) is 11.3 Å². The lowest BCUT2D eigenvalue weighted by atomic mass is 10.1. The third-order valence-corrected chi connectivity index (χ3v) is 4.93. The first-order valence-corrected chi connectivity index (χ1v) is 7.28. The van der Waals surface area contributed by atoms with Crippen molar-refractivity contribution in [3.05, 3.63) is 28.4 Å². The summed E-state index contributed by atoms with van der Waals surface area (Å²) in [4.78, 5) is 14.2. The van der Waals surface area contributed by atoms with E-state index in [4.69, 9.17) is 0 Å². The number of rotatable bonds is 5. The van der Waals surface area contributed by atoms with Crippen LogP contribution in [-0.2, 0) is 0 Å². The molecule has 1 aromatic rings. The normalized spacial score (nSPS) is 17.6. The van der Waals surface area contributed by atoms with E-state index >= 15 is 0 Å². The number of anilines is 1. The fraction of sp³-hybridized carbons (Fsp3) is 0.583. The number of nitrogens with one attached hydrogen (secondary N) is 1. The van der Waals surface area contributed by atoms with E-state index in [1.165, 1.54) is 31.9 Å². The van der Waals surface area contributed by atoms with Crippen molar-refractivity contribution in [1.82, 2.24) is 4.98 Å². The van der Waals surface area contributed by atoms with E-state index < -0.39 is 4.92 Å². The minimum Gasteiger partial charge on any atom is -0.377 e. The van der Waals surface area contributed by atoms with Crippen LogP contribution >= 0.6 is 11.8 Å². The molecule has 0 bridgehead atoms. The number of hydrogen-bond acceptors (Lipinski definition) is 5. The lowest BCUT2D eigenvalue weighted by Gasteiger charge is -2.27. The van der Waals surface area contributed by atoms with Gasteiger partial charge in [-0.3, -0.25) is 0 Å². The van der Waals surface area contributed by atoms with E-state index in [-0.39, 0.29) is 10.6 Å². The second kappa shape index (κ2) is 5.56. The van der Waals surface area contributed by atoms with Crippen molar-refractivity contribution in [3.63, 3.8) is 0 Å². The van der Waals surface area contributed by atoms with Crippen molar-refractivity contribution in [2.75, 3.05) is 18.1 Å². The van der Waals surface area contributed by atoms with Gasteiger partial charge in [-0.05, 0) is 41.1 Å². The second-order valence-electron chi connectivity index (χ2n) is 4.58. The van der Waals surface area contributed by atoms with E-state index in [0.29, 0.717) is 5.69 Å². The van der Waals surface area contributed by atoms with Crippen molar-refractivity contribution < 1.29 is 4.92 Å². The van der Waals surface area contributed by atoms with Crippen LogP contribution in [0.25, 0.3) is 0 Å². The van der Waals surface area contributed by atoms with Crippen LogP contribution in [0, 0.1) is 10.1 Å². The predicted octanol–water partition coefficient (Wildman–Crippen LogP) is 3.08. The summed E-state index contributed by atoms with van der Waals surface area (Å²) < 4.78 is 0.226. The van der Waals surface area contributed by atoms with Crippen molar-refractivity contribution in [3.8, 4) is 0 Å². The summed E-state index contributed by atoms with van der Waals surface area (Å²) in [5.74, 6) is -0.0910. The highest BCUT2D eigenvalue weighted by Gasteiger charge is 2.33. The van der Waals surface area contributed by atoms with Crippen molar-refractivity contribution in [2.24, 2.45) is 0 Å². The smallest absolute Gasteiger partial charge is 0.377 e. The second-order valence-corrected chi connectivity index (χ2v) is 5.85. The first-order valence-electron chi connectivity index (χ1n) is 6.05. The average Bonchev–Trinajstić information content (AvgIpc) is 2.86. The monoisotopic (exact) mass is 267 g/mol. The fourth-order valence-electron chi connectivity index (χ4n) is 2.41. The highest BCUT2D eigenvalue weighted by Crippen LogP contribution is 2.40. The molecule has 1 aliphatic rings. The SMILES string of the molecule is CSC1(CNc2cccnc2[N+](=O)[O-])CCCC1. The van der Waals surface area contributed by atoms with Gasteiger partial charge in [0.05, 0.1) is 0 Å². The Hall–Kier alpha value is -1.30. The maximum atomic E-state index is 10.9. The summed E-state index contributed by atoms with van der Waals surface area (Å²) >= 11 is 1.86. The minimum absolute atomic E-state index is 0.0910. The first-order chi connectivity index (χ1) is 8.67. The molecule has 1 saturated carbocycles. The largest absolute Gasteiger partial charge is 0.386 e. The van der Waals surface area contributed by atoms with Crippen LogP contribution in [0.15, 0.2) is 18.3 Å². The van der Waals surface area contributed by atoms with Gasteiger partial charge in [0.25, 0.3) is 0 Å². The molecule has 0 aromatic carbocycles. The van der Waals surface area contributed by atoms with Gasteiger partial charge >= 0.3 is 5.82 Å². The quantitative estimate of drug-likeness (QED) is 0.656. The number of pyridine rings is 1. The van der Waals surface area contributed by atoms with E-state index in [1.54, 1.807) is 12.1 Å². The average molecular weight is 267 g/mol. The maximum absolute atomic E-state index is 10.9. The number of aromatic nitrogens is 1. The highest BCUT2D eigenvalue weighted by molar-refractivity contribution is 8.00. The van der Waals surface area contributed by atoms with Crippen LogP contribution in [0.2, 0.25) is 0 Å². The lowest BCUT2D eigenvalue weighted by Crippen LogP contribution is -2.30. The van der Waals surface area contributed by atoms with Crippen LogP contribution in [0.1, 0.15) is 25.7 Å². The van der Waals surface area contributed by atoms with Crippen molar-refractivity contribution >= 4 is 23.3 Å². The molecule has 1 N–H and O–H groups in total. The third-order valence-electron chi connectivity index (χ3n) is 3.51. The van der Waals surface area contributed by atoms with Crippen LogP contribution < -0.4 is 5.32 Å². The maximum Gasteiger partial charge on any atom is 0.386 e. The summed E-state index contributed by atoms with van der Waals surface area (Å²) in [6.07, 6.45) is 8.41. The van der Waals surface area contributed by atoms with E-state index in [1.807, 2.05) is 11.8 Å². The van der Waals surface area contributed by atoms with Gasteiger partial charge in [0.1, 0.15) is 11.9 Å². The van der Waals surface area contributed by atoms with Gasteiger partial charge in [-0.25, -0.2) is 0 Å². The Morgan fingerprint density at radius 2 is 2.28 bits per heavy atom. The van der Waals surface area contributed by atoms with E-state index in [9.17, 15) is 10.1 Å². The first kappa shape index (κ1) is 13.1. The molecule has 6 heteroatoms. The number of hydrogen-bond donors (Lipinski definition) is 1. The molecule has 1 aliphatic carbocycles. The van der Waals surface area contributed by atoms with Gasteiger partial charge < -0.3 is 15.4 Å². The van der Waals surface area contributed by atoms with Crippen LogP contribution in [-0.4, -0.2) is 27.5 Å². The Bertz CT molecular complexity index is 433. The molecule has 5 nitrogen and oxygen atoms in total. The van der Waals surface area contributed by atoms with Gasteiger partial charge in [-0.2, -0.15) is 11.8 Å². The molecule has 0 saturated heterocycles. The Morgan fingerprint density at radius 1 is 1.56 bits per heavy atom. The summed E-state index contributed by atoms with van der Waals surface area (Å²) in [5, 5.41) is 14.1. The standard InChI is InChI=1S/C12H17N3O2S/c1-18-12(6-2-3-7-12)9-14-10-5-4-8-13-11(10)15(16)17/h4-5,8,14H,2-3,6-7,9H2,1H3. The van der Waals surface area contributed by atoms with Gasteiger partial charge in [-0.1, -0.05) is 12.8 Å². The van der Waals surface area contributed by atoms with E-state index in [0.717, 1.165) is 6.54 Å². The molecule has 1 heterocycles. The Kier molecular flexibility index (Phi) is 4.06. The number of nitro groups is 1. The van der Waals surface area contributed by atoms with Crippen molar-refractivity contribution in [2.45, 2.75) is 30.4 Å². The van der Waals surface area contributed by atoms with Crippen molar-refractivity contribution in [1.29, 1.82) is 0 Å². The zero-order chi connectivity index (χ0) is 13.0. The molecule has 0 spiro atoms. The fourth-order valence-corrected chi connectivity index (χ4v) is 3.32. The number of thioether (sulfide) groups is 1. The van der Waals surface area contributed by atoms with Gasteiger partial charge in [-0.15, -0.1) is 0 Å². The van der Waals surface area contributed by atoms with Crippen LogP contribution in [0.4, 0.5) is 11.5 Å². The Labute approximate surface area is 111 Å². The molecule has 0 aliphatic heterocycles. The molecule has 0 amide bonds. The molecule has 2 rings (SSSR count). The Morgan fingerprint density at radius 3 is 2.89 bits per heavy atom.